The van der Waals surface area contributed by atoms with Crippen LogP contribution in [0.15, 0.2) is 12.3 Å². The largest absolute Gasteiger partial charge is 0.392 e. The molecule has 0 aromatic carbocycles. The SMILES string of the molecule is CCNc1ncc(C(=O)N(C)CC(C)O)cc1Cl. The number of halogens is 1. The summed E-state index contributed by atoms with van der Waals surface area (Å²) in [7, 11) is 1.63. The number of hydrogen-bond donors (Lipinski definition) is 2. The van der Waals surface area contributed by atoms with Crippen molar-refractivity contribution in [2.45, 2.75) is 20.0 Å². The van der Waals surface area contributed by atoms with Crippen LogP contribution in [0.25, 0.3) is 0 Å². The van der Waals surface area contributed by atoms with Crippen LogP contribution in [0, 0.1) is 0 Å². The molecule has 6 heteroatoms. The van der Waals surface area contributed by atoms with E-state index in [0.717, 1.165) is 0 Å². The van der Waals surface area contributed by atoms with E-state index in [1.807, 2.05) is 6.92 Å². The first-order chi connectivity index (χ1) is 8.45. The molecule has 100 valence electrons. The van der Waals surface area contributed by atoms with Crippen LogP contribution in [0.1, 0.15) is 24.2 Å². The van der Waals surface area contributed by atoms with E-state index in [-0.39, 0.29) is 12.5 Å². The van der Waals surface area contributed by atoms with Gasteiger partial charge in [0.25, 0.3) is 5.91 Å². The number of nitrogens with one attached hydrogen (secondary N) is 1. The van der Waals surface area contributed by atoms with Gasteiger partial charge in [-0.25, -0.2) is 4.98 Å². The maximum atomic E-state index is 12.0. The number of nitrogens with zero attached hydrogens (tertiary/aromatic N) is 2. The molecule has 0 spiro atoms. The zero-order valence-electron chi connectivity index (χ0n) is 10.8. The van der Waals surface area contributed by atoms with E-state index >= 15 is 0 Å². The highest BCUT2D eigenvalue weighted by Crippen LogP contribution is 2.20. The van der Waals surface area contributed by atoms with E-state index in [1.165, 1.54) is 11.1 Å². The Morgan fingerprint density at radius 2 is 2.33 bits per heavy atom. The molecule has 0 radical (unpaired) electrons. The van der Waals surface area contributed by atoms with E-state index in [2.05, 4.69) is 10.3 Å². The summed E-state index contributed by atoms with van der Waals surface area (Å²) < 4.78 is 0. The minimum atomic E-state index is -0.566. The van der Waals surface area contributed by atoms with Crippen LogP contribution in [-0.4, -0.2) is 47.1 Å². The molecular weight excluding hydrogens is 254 g/mol. The van der Waals surface area contributed by atoms with Crippen molar-refractivity contribution in [2.75, 3.05) is 25.5 Å². The van der Waals surface area contributed by atoms with Gasteiger partial charge >= 0.3 is 0 Å². The zero-order chi connectivity index (χ0) is 13.7. The van der Waals surface area contributed by atoms with Gasteiger partial charge in [-0.2, -0.15) is 0 Å². The third kappa shape index (κ3) is 3.85. The minimum Gasteiger partial charge on any atom is -0.392 e. The Hall–Kier alpha value is -1.33. The van der Waals surface area contributed by atoms with Crippen molar-refractivity contribution in [3.63, 3.8) is 0 Å². The first-order valence-corrected chi connectivity index (χ1v) is 6.16. The lowest BCUT2D eigenvalue weighted by molar-refractivity contribution is 0.0703. The van der Waals surface area contributed by atoms with Crippen LogP contribution in [0.3, 0.4) is 0 Å². The number of aliphatic hydroxyl groups is 1. The van der Waals surface area contributed by atoms with Crippen LogP contribution < -0.4 is 5.32 Å². The second-order valence-corrected chi connectivity index (χ2v) is 4.53. The minimum absolute atomic E-state index is 0.214. The van der Waals surface area contributed by atoms with Gasteiger partial charge in [-0.3, -0.25) is 4.79 Å². The van der Waals surface area contributed by atoms with E-state index < -0.39 is 6.10 Å². The third-order valence-electron chi connectivity index (χ3n) is 2.32. The zero-order valence-corrected chi connectivity index (χ0v) is 11.5. The predicted molar refractivity (Wildman–Crippen MR) is 72.1 cm³/mol. The average molecular weight is 272 g/mol. The molecule has 0 aliphatic carbocycles. The van der Waals surface area contributed by atoms with Crippen molar-refractivity contribution < 1.29 is 9.90 Å². The Balaban J connectivity index is 2.84. The Morgan fingerprint density at radius 3 is 2.83 bits per heavy atom. The molecule has 0 saturated heterocycles. The van der Waals surface area contributed by atoms with Crippen LogP contribution >= 0.6 is 11.6 Å². The van der Waals surface area contributed by atoms with Crippen molar-refractivity contribution in [2.24, 2.45) is 0 Å². The van der Waals surface area contributed by atoms with E-state index in [1.54, 1.807) is 20.0 Å². The maximum absolute atomic E-state index is 12.0. The molecule has 1 rings (SSSR count). The van der Waals surface area contributed by atoms with Crippen LogP contribution in [0.2, 0.25) is 5.02 Å². The van der Waals surface area contributed by atoms with Crippen molar-refractivity contribution >= 4 is 23.3 Å². The fourth-order valence-corrected chi connectivity index (χ4v) is 1.79. The highest BCUT2D eigenvalue weighted by Gasteiger charge is 2.15. The van der Waals surface area contributed by atoms with Gasteiger partial charge in [0.2, 0.25) is 0 Å². The normalized spacial score (nSPS) is 12.1. The second kappa shape index (κ2) is 6.56. The molecule has 1 heterocycles. The number of aliphatic hydroxyl groups excluding tert-OH is 1. The summed E-state index contributed by atoms with van der Waals surface area (Å²) in [6.45, 7) is 4.55. The molecule has 0 aliphatic heterocycles. The topological polar surface area (TPSA) is 65.5 Å². The lowest BCUT2D eigenvalue weighted by Crippen LogP contribution is -2.33. The number of carbonyl (C=O) groups excluding carboxylic acids is 1. The highest BCUT2D eigenvalue weighted by molar-refractivity contribution is 6.33. The summed E-state index contributed by atoms with van der Waals surface area (Å²) in [5.74, 6) is 0.349. The number of rotatable bonds is 5. The van der Waals surface area contributed by atoms with Gasteiger partial charge < -0.3 is 15.3 Å². The average Bonchev–Trinajstić information content (AvgIpc) is 2.30. The van der Waals surface area contributed by atoms with E-state index in [0.29, 0.717) is 22.9 Å². The quantitative estimate of drug-likeness (QED) is 0.854. The molecule has 0 fully saturated rings. The molecule has 0 aliphatic rings. The molecule has 1 aromatic rings. The fourth-order valence-electron chi connectivity index (χ4n) is 1.55. The summed E-state index contributed by atoms with van der Waals surface area (Å²) in [6.07, 6.45) is 0.911. The van der Waals surface area contributed by atoms with Crippen LogP contribution in [0.4, 0.5) is 5.82 Å². The molecule has 0 saturated carbocycles. The summed E-state index contributed by atoms with van der Waals surface area (Å²) in [4.78, 5) is 17.5. The van der Waals surface area contributed by atoms with Crippen LogP contribution in [-0.2, 0) is 0 Å². The molecule has 1 unspecified atom stereocenters. The molecular formula is C12H18ClN3O2. The van der Waals surface area contributed by atoms with Gasteiger partial charge in [0.1, 0.15) is 5.82 Å². The lowest BCUT2D eigenvalue weighted by Gasteiger charge is -2.19. The Labute approximate surface area is 112 Å². The van der Waals surface area contributed by atoms with Gasteiger partial charge in [-0.1, -0.05) is 11.6 Å². The summed E-state index contributed by atoms with van der Waals surface area (Å²) in [5.41, 5.74) is 0.407. The van der Waals surface area contributed by atoms with Crippen LogP contribution in [0.5, 0.6) is 0 Å². The summed E-state index contributed by atoms with van der Waals surface area (Å²) in [5, 5.41) is 12.6. The molecule has 0 bridgehead atoms. The standard InChI is InChI=1S/C12H18ClN3O2/c1-4-14-11-10(13)5-9(6-15-11)12(18)16(3)7-8(2)17/h5-6,8,17H,4,7H2,1-3H3,(H,14,15). The van der Waals surface area contributed by atoms with Crippen molar-refractivity contribution in [1.82, 2.24) is 9.88 Å². The van der Waals surface area contributed by atoms with Crippen molar-refractivity contribution in [3.8, 4) is 0 Å². The summed E-state index contributed by atoms with van der Waals surface area (Å²) in [6, 6.07) is 1.58. The maximum Gasteiger partial charge on any atom is 0.255 e. The number of anilines is 1. The smallest absolute Gasteiger partial charge is 0.255 e. The monoisotopic (exact) mass is 271 g/mol. The van der Waals surface area contributed by atoms with Gasteiger partial charge in [0.15, 0.2) is 0 Å². The van der Waals surface area contributed by atoms with E-state index in [4.69, 9.17) is 11.6 Å². The van der Waals surface area contributed by atoms with Gasteiger partial charge in [-0.15, -0.1) is 0 Å². The summed E-state index contributed by atoms with van der Waals surface area (Å²) >= 11 is 6.02. The number of hydrogen-bond acceptors (Lipinski definition) is 4. The molecule has 2 N–H and O–H groups in total. The molecule has 1 amide bonds. The lowest BCUT2D eigenvalue weighted by atomic mass is 10.2. The number of amides is 1. The van der Waals surface area contributed by atoms with Gasteiger partial charge in [0.05, 0.1) is 16.7 Å². The molecule has 1 aromatic heterocycles. The van der Waals surface area contributed by atoms with Crippen molar-refractivity contribution in [3.05, 3.63) is 22.8 Å². The third-order valence-corrected chi connectivity index (χ3v) is 2.61. The molecule has 5 nitrogen and oxygen atoms in total. The number of pyridine rings is 1. The Bertz CT molecular complexity index is 424. The van der Waals surface area contributed by atoms with E-state index in [9.17, 15) is 9.90 Å². The van der Waals surface area contributed by atoms with Gasteiger partial charge in [0, 0.05) is 26.3 Å². The molecule has 18 heavy (non-hydrogen) atoms. The highest BCUT2D eigenvalue weighted by atomic mass is 35.5. The second-order valence-electron chi connectivity index (χ2n) is 4.12. The number of aromatic nitrogens is 1. The number of likely N-dealkylation sites (N-methyl/N-ethyl adjacent to an activating group) is 1. The fraction of sp³-hybridized carbons (Fsp3) is 0.500. The Kier molecular flexibility index (Phi) is 5.37. The molecule has 1 atom stereocenters. The first-order valence-electron chi connectivity index (χ1n) is 5.78. The first kappa shape index (κ1) is 14.7. The predicted octanol–water partition coefficient (Wildman–Crippen LogP) is 1.62. The van der Waals surface area contributed by atoms with Crippen molar-refractivity contribution in [1.29, 1.82) is 0 Å². The van der Waals surface area contributed by atoms with Gasteiger partial charge in [-0.05, 0) is 19.9 Å². The number of carbonyl (C=O) groups is 1. The Morgan fingerprint density at radius 1 is 1.67 bits per heavy atom.